The second-order valence-corrected chi connectivity index (χ2v) is 7.37. The summed E-state index contributed by atoms with van der Waals surface area (Å²) in [5, 5.41) is 9.64. The Labute approximate surface area is 167 Å². The van der Waals surface area contributed by atoms with Crippen molar-refractivity contribution in [1.29, 1.82) is 0 Å². The van der Waals surface area contributed by atoms with E-state index in [1.165, 1.54) is 5.56 Å². The highest BCUT2D eigenvalue weighted by molar-refractivity contribution is 5.90. The number of carbonyl (C=O) groups excluding carboxylic acids is 1. The minimum atomic E-state index is -1.33. The van der Waals surface area contributed by atoms with E-state index < -0.39 is 30.1 Å². The molecule has 2 aliphatic rings. The Hall–Kier alpha value is -2.77. The van der Waals surface area contributed by atoms with Crippen LogP contribution in [0.15, 0.2) is 48.5 Å². The van der Waals surface area contributed by atoms with Crippen LogP contribution in [0, 0.1) is 11.6 Å². The second kappa shape index (κ2) is 7.93. The number of hydrogen-bond acceptors (Lipinski definition) is 4. The van der Waals surface area contributed by atoms with E-state index in [1.54, 1.807) is 6.92 Å². The monoisotopic (exact) mass is 400 g/mol. The molecule has 1 unspecified atom stereocenters. The maximum Gasteiger partial charge on any atom is 0.417 e. The summed E-state index contributed by atoms with van der Waals surface area (Å²) in [6.45, 7) is 3.63. The first-order valence-electron chi connectivity index (χ1n) is 9.56. The number of benzene rings is 2. The first-order valence-corrected chi connectivity index (χ1v) is 9.56. The van der Waals surface area contributed by atoms with Crippen molar-refractivity contribution in [3.05, 3.63) is 71.3 Å². The molecule has 152 valence electrons. The van der Waals surface area contributed by atoms with Gasteiger partial charge in [0.2, 0.25) is 6.29 Å². The number of hydrogen-bond donors (Lipinski definition) is 1. The van der Waals surface area contributed by atoms with Crippen molar-refractivity contribution in [2.75, 3.05) is 18.0 Å². The highest BCUT2D eigenvalue weighted by atomic mass is 19.1. The molecular weight excluding hydrogens is 378 g/mol. The molecule has 7 heteroatoms. The molecule has 0 saturated carbocycles. The summed E-state index contributed by atoms with van der Waals surface area (Å²) < 4.78 is 34.3. The molecule has 2 atom stereocenters. The van der Waals surface area contributed by atoms with E-state index in [0.29, 0.717) is 25.1 Å². The summed E-state index contributed by atoms with van der Waals surface area (Å²) >= 11 is 0. The maximum absolute atomic E-state index is 14.8. The van der Waals surface area contributed by atoms with Gasteiger partial charge in [0.15, 0.2) is 0 Å². The van der Waals surface area contributed by atoms with Gasteiger partial charge in [0, 0.05) is 25.2 Å². The third-order valence-electron chi connectivity index (χ3n) is 5.41. The maximum atomic E-state index is 14.8. The van der Waals surface area contributed by atoms with Crippen LogP contribution in [0.3, 0.4) is 0 Å². The molecule has 2 aromatic carbocycles. The molecule has 0 radical (unpaired) electrons. The minimum Gasteiger partial charge on any atom is -0.417 e. The molecule has 1 saturated heterocycles. The summed E-state index contributed by atoms with van der Waals surface area (Å²) in [5.41, 5.74) is 1.78. The van der Waals surface area contributed by atoms with Crippen LogP contribution < -0.4 is 4.90 Å². The van der Waals surface area contributed by atoms with Crippen LogP contribution in [-0.2, 0) is 11.3 Å². The zero-order valence-corrected chi connectivity index (χ0v) is 16.0. The van der Waals surface area contributed by atoms with Gasteiger partial charge in [-0.1, -0.05) is 36.4 Å². The van der Waals surface area contributed by atoms with Crippen LogP contribution in [-0.4, -0.2) is 41.5 Å². The second-order valence-electron chi connectivity index (χ2n) is 7.37. The summed E-state index contributed by atoms with van der Waals surface area (Å²) in [5.74, 6) is -1.46. The predicted molar refractivity (Wildman–Crippen MR) is 105 cm³/mol. The van der Waals surface area contributed by atoms with E-state index in [-0.39, 0.29) is 11.3 Å². The number of anilines is 1. The molecule has 0 aromatic heterocycles. The lowest BCUT2D eigenvalue weighted by atomic mass is 9.97. The number of aliphatic hydroxyl groups excluding tert-OH is 1. The molecule has 2 heterocycles. The Bertz CT molecular complexity index is 925. The quantitative estimate of drug-likeness (QED) is 0.845. The molecule has 29 heavy (non-hydrogen) atoms. The van der Waals surface area contributed by atoms with Crippen molar-refractivity contribution < 1.29 is 23.4 Å². The third-order valence-corrected chi connectivity index (χ3v) is 5.41. The van der Waals surface area contributed by atoms with Crippen LogP contribution in [0.2, 0.25) is 0 Å². The number of nitrogens with zero attached hydrogens (tertiary/aromatic N) is 2. The fourth-order valence-electron chi connectivity index (χ4n) is 3.82. The summed E-state index contributed by atoms with van der Waals surface area (Å²) in [4.78, 5) is 15.1. The zero-order valence-electron chi connectivity index (χ0n) is 16.0. The van der Waals surface area contributed by atoms with Crippen molar-refractivity contribution in [2.45, 2.75) is 32.2 Å². The van der Waals surface area contributed by atoms with Gasteiger partial charge in [0.25, 0.3) is 0 Å². The molecule has 4 rings (SSSR count). The summed E-state index contributed by atoms with van der Waals surface area (Å²) in [6.07, 6.45) is 0.222. The normalized spacial score (nSPS) is 22.6. The predicted octanol–water partition coefficient (Wildman–Crippen LogP) is 3.92. The molecule has 0 spiro atoms. The Morgan fingerprint density at radius 1 is 1.17 bits per heavy atom. The molecule has 1 amide bonds. The van der Waals surface area contributed by atoms with Gasteiger partial charge >= 0.3 is 6.09 Å². The lowest BCUT2D eigenvalue weighted by Crippen LogP contribution is -2.34. The van der Waals surface area contributed by atoms with Crippen LogP contribution >= 0.6 is 0 Å². The highest BCUT2D eigenvalue weighted by Crippen LogP contribution is 2.33. The number of halogens is 2. The molecule has 1 fully saturated rings. The minimum absolute atomic E-state index is 0.0277. The number of cyclic esters (lactones) is 1. The Morgan fingerprint density at radius 2 is 1.86 bits per heavy atom. The van der Waals surface area contributed by atoms with Crippen LogP contribution in [0.25, 0.3) is 5.57 Å². The number of ether oxygens (including phenoxy) is 1. The third kappa shape index (κ3) is 3.88. The first kappa shape index (κ1) is 19.5. The van der Waals surface area contributed by atoms with Crippen molar-refractivity contribution in [3.63, 3.8) is 0 Å². The Morgan fingerprint density at radius 3 is 2.41 bits per heavy atom. The van der Waals surface area contributed by atoms with Crippen molar-refractivity contribution >= 4 is 17.4 Å². The summed E-state index contributed by atoms with van der Waals surface area (Å²) in [6, 6.07) is 11.6. The SMILES string of the molecule is CC1[C@H](O)OC(=O)N1c1cc(F)c(C2=CCN(Cc3ccccc3)CC2)c(F)c1. The van der Waals surface area contributed by atoms with Gasteiger partial charge < -0.3 is 9.84 Å². The largest absolute Gasteiger partial charge is 0.417 e. The molecule has 0 bridgehead atoms. The van der Waals surface area contributed by atoms with Gasteiger partial charge in [-0.25, -0.2) is 13.6 Å². The van der Waals surface area contributed by atoms with E-state index >= 15 is 0 Å². The lowest BCUT2D eigenvalue weighted by molar-refractivity contribution is -0.0312. The zero-order chi connectivity index (χ0) is 20.5. The topological polar surface area (TPSA) is 53.0 Å². The van der Waals surface area contributed by atoms with Crippen molar-refractivity contribution in [3.8, 4) is 0 Å². The molecule has 5 nitrogen and oxygen atoms in total. The average molecular weight is 400 g/mol. The molecule has 2 aliphatic heterocycles. The van der Waals surface area contributed by atoms with E-state index in [2.05, 4.69) is 17.0 Å². The molecule has 0 aliphatic carbocycles. The van der Waals surface area contributed by atoms with Crippen LogP contribution in [0.4, 0.5) is 19.3 Å². The number of rotatable bonds is 4. The Kier molecular flexibility index (Phi) is 5.34. The lowest BCUT2D eigenvalue weighted by Gasteiger charge is -2.27. The van der Waals surface area contributed by atoms with Gasteiger partial charge in [-0.2, -0.15) is 0 Å². The van der Waals surface area contributed by atoms with E-state index in [1.807, 2.05) is 24.3 Å². The highest BCUT2D eigenvalue weighted by Gasteiger charge is 2.39. The van der Waals surface area contributed by atoms with Crippen molar-refractivity contribution in [2.24, 2.45) is 0 Å². The standard InChI is InChI=1S/C22H22F2N2O3/c1-14-21(27)29-22(28)26(14)17-11-18(23)20(19(24)12-17)16-7-9-25(10-8-16)13-15-5-3-2-4-6-15/h2-7,11-12,14,21,27H,8-10,13H2,1H3/t14?,21-/m1/s1. The molecule has 1 N–H and O–H groups in total. The summed E-state index contributed by atoms with van der Waals surface area (Å²) in [7, 11) is 0. The fourth-order valence-corrected chi connectivity index (χ4v) is 3.82. The Balaban J connectivity index is 1.53. The van der Waals surface area contributed by atoms with E-state index in [4.69, 9.17) is 4.74 Å². The van der Waals surface area contributed by atoms with E-state index in [0.717, 1.165) is 23.6 Å². The van der Waals surface area contributed by atoms with Gasteiger partial charge in [-0.15, -0.1) is 0 Å². The number of carbonyl (C=O) groups is 1. The number of amides is 1. The van der Waals surface area contributed by atoms with Crippen molar-refractivity contribution in [1.82, 2.24) is 4.90 Å². The average Bonchev–Trinajstić information content (AvgIpc) is 2.95. The molecular formula is C22H22F2N2O3. The van der Waals surface area contributed by atoms with Gasteiger partial charge in [0.1, 0.15) is 11.6 Å². The smallest absolute Gasteiger partial charge is 0.417 e. The number of aliphatic hydroxyl groups is 1. The van der Waals surface area contributed by atoms with Gasteiger partial charge in [-0.05, 0) is 36.6 Å². The van der Waals surface area contributed by atoms with Crippen LogP contribution in [0.5, 0.6) is 0 Å². The molecule has 2 aromatic rings. The van der Waals surface area contributed by atoms with Gasteiger partial charge in [0.05, 0.1) is 11.7 Å². The van der Waals surface area contributed by atoms with Gasteiger partial charge in [-0.3, -0.25) is 9.80 Å². The first-order chi connectivity index (χ1) is 13.9. The fraction of sp³-hybridized carbons (Fsp3) is 0.318. The van der Waals surface area contributed by atoms with E-state index in [9.17, 15) is 18.7 Å². The van der Waals surface area contributed by atoms with Crippen LogP contribution in [0.1, 0.15) is 24.5 Å².